The molecular formula is C27H33BN4O3. The van der Waals surface area contributed by atoms with Crippen molar-refractivity contribution in [1.29, 1.82) is 0 Å². The average molecular weight is 472 g/mol. The van der Waals surface area contributed by atoms with Crippen molar-refractivity contribution in [3.05, 3.63) is 72.1 Å². The second-order valence-electron chi connectivity index (χ2n) is 10.3. The van der Waals surface area contributed by atoms with Gasteiger partial charge in [0.05, 0.1) is 22.6 Å². The van der Waals surface area contributed by atoms with Crippen LogP contribution in [0.3, 0.4) is 0 Å². The molecule has 35 heavy (non-hydrogen) atoms. The molecule has 182 valence electrons. The minimum Gasteiger partial charge on any atom is -0.399 e. The molecule has 7 nitrogen and oxygen atoms in total. The van der Waals surface area contributed by atoms with Crippen LogP contribution in [0.2, 0.25) is 0 Å². The molecule has 0 saturated carbocycles. The van der Waals surface area contributed by atoms with E-state index in [9.17, 15) is 4.79 Å². The molecule has 1 fully saturated rings. The van der Waals surface area contributed by atoms with Gasteiger partial charge < -0.3 is 25.3 Å². The van der Waals surface area contributed by atoms with Crippen molar-refractivity contribution in [2.24, 2.45) is 0 Å². The highest BCUT2D eigenvalue weighted by atomic mass is 16.7. The first-order chi connectivity index (χ1) is 16.4. The Morgan fingerprint density at radius 3 is 2.17 bits per heavy atom. The third kappa shape index (κ3) is 5.40. The van der Waals surface area contributed by atoms with E-state index in [1.54, 1.807) is 18.3 Å². The van der Waals surface area contributed by atoms with Crippen molar-refractivity contribution in [3.63, 3.8) is 0 Å². The molecule has 1 aliphatic rings. The van der Waals surface area contributed by atoms with Crippen molar-refractivity contribution in [1.82, 2.24) is 9.88 Å². The van der Waals surface area contributed by atoms with Crippen LogP contribution in [0.15, 0.2) is 60.8 Å². The fraction of sp³-hybridized carbons (Fsp3) is 0.333. The summed E-state index contributed by atoms with van der Waals surface area (Å²) < 4.78 is 12.3. The Morgan fingerprint density at radius 2 is 1.60 bits per heavy atom. The zero-order chi connectivity index (χ0) is 25.4. The molecule has 1 aliphatic heterocycles. The van der Waals surface area contributed by atoms with Gasteiger partial charge in [-0.3, -0.25) is 9.78 Å². The van der Waals surface area contributed by atoms with Crippen LogP contribution in [0.5, 0.6) is 0 Å². The van der Waals surface area contributed by atoms with Crippen LogP contribution in [-0.2, 0) is 15.9 Å². The van der Waals surface area contributed by atoms with Crippen LogP contribution in [0.1, 0.15) is 43.7 Å². The number of pyridine rings is 1. The fourth-order valence-corrected chi connectivity index (χ4v) is 3.86. The van der Waals surface area contributed by atoms with Gasteiger partial charge >= 0.3 is 7.12 Å². The first kappa shape index (κ1) is 24.9. The van der Waals surface area contributed by atoms with Crippen molar-refractivity contribution >= 4 is 29.9 Å². The topological polar surface area (TPSA) is 89.7 Å². The van der Waals surface area contributed by atoms with Gasteiger partial charge in [-0.1, -0.05) is 36.4 Å². The van der Waals surface area contributed by atoms with E-state index < -0.39 is 7.12 Å². The van der Waals surface area contributed by atoms with Gasteiger partial charge in [0.1, 0.15) is 5.69 Å². The van der Waals surface area contributed by atoms with E-state index in [0.717, 1.165) is 28.7 Å². The molecule has 8 heteroatoms. The smallest absolute Gasteiger partial charge is 0.399 e. The highest BCUT2D eigenvalue weighted by Crippen LogP contribution is 2.36. The van der Waals surface area contributed by atoms with Gasteiger partial charge in [0, 0.05) is 12.7 Å². The Bertz CT molecular complexity index is 1190. The molecule has 3 aromatic rings. The van der Waals surface area contributed by atoms with E-state index in [2.05, 4.69) is 10.3 Å². The lowest BCUT2D eigenvalue weighted by Gasteiger charge is -2.32. The summed E-state index contributed by atoms with van der Waals surface area (Å²) in [5.41, 5.74) is 10.7. The highest BCUT2D eigenvalue weighted by molar-refractivity contribution is 6.62. The van der Waals surface area contributed by atoms with E-state index in [0.29, 0.717) is 17.1 Å². The molecule has 0 bridgehead atoms. The summed E-state index contributed by atoms with van der Waals surface area (Å²) in [6.07, 6.45) is 1.72. The Balaban J connectivity index is 1.49. The summed E-state index contributed by atoms with van der Waals surface area (Å²) in [6, 6.07) is 17.3. The van der Waals surface area contributed by atoms with Crippen LogP contribution < -0.4 is 16.5 Å². The Kier molecular flexibility index (Phi) is 6.73. The summed E-state index contributed by atoms with van der Waals surface area (Å²) in [6.45, 7) is 8.92. The van der Waals surface area contributed by atoms with Crippen molar-refractivity contribution in [2.75, 3.05) is 25.1 Å². The fourth-order valence-electron chi connectivity index (χ4n) is 3.86. The van der Waals surface area contributed by atoms with Gasteiger partial charge in [0.2, 0.25) is 0 Å². The van der Waals surface area contributed by atoms with Gasteiger partial charge in [-0.05, 0) is 82.1 Å². The van der Waals surface area contributed by atoms with Crippen LogP contribution in [-0.4, -0.2) is 48.2 Å². The Morgan fingerprint density at radius 1 is 0.971 bits per heavy atom. The zero-order valence-corrected chi connectivity index (χ0v) is 21.3. The number of carbonyl (C=O) groups excluding carboxylic acids is 1. The lowest BCUT2D eigenvalue weighted by Crippen LogP contribution is -2.41. The molecular weight excluding hydrogens is 439 g/mol. The molecule has 0 unspecified atom stereocenters. The minimum absolute atomic E-state index is 0.304. The second kappa shape index (κ2) is 9.45. The first-order valence-corrected chi connectivity index (χ1v) is 11.7. The van der Waals surface area contributed by atoms with Crippen molar-refractivity contribution in [2.45, 2.75) is 45.4 Å². The molecule has 4 rings (SSSR count). The zero-order valence-electron chi connectivity index (χ0n) is 21.3. The molecule has 1 amide bonds. The molecule has 1 saturated heterocycles. The Labute approximate surface area is 207 Å². The third-order valence-corrected chi connectivity index (χ3v) is 6.63. The molecule has 1 aromatic heterocycles. The third-order valence-electron chi connectivity index (χ3n) is 6.63. The molecule has 3 N–H and O–H groups in total. The normalized spacial score (nSPS) is 16.5. The molecule has 2 aromatic carbocycles. The first-order valence-electron chi connectivity index (χ1n) is 11.7. The van der Waals surface area contributed by atoms with E-state index in [4.69, 9.17) is 15.0 Å². The summed E-state index contributed by atoms with van der Waals surface area (Å²) in [5, 5.41) is 2.89. The molecule has 0 aliphatic carbocycles. The van der Waals surface area contributed by atoms with Crippen LogP contribution in [0.4, 0.5) is 11.4 Å². The Hall–Kier alpha value is -3.20. The van der Waals surface area contributed by atoms with Crippen LogP contribution >= 0.6 is 0 Å². The van der Waals surface area contributed by atoms with E-state index in [1.165, 1.54) is 0 Å². The number of nitrogens with zero attached hydrogens (tertiary/aromatic N) is 2. The number of nitrogens with one attached hydrogen (secondary N) is 1. The highest BCUT2D eigenvalue weighted by Gasteiger charge is 2.51. The van der Waals surface area contributed by atoms with E-state index in [-0.39, 0.29) is 17.1 Å². The maximum absolute atomic E-state index is 12.8. The maximum atomic E-state index is 12.8. The van der Waals surface area contributed by atoms with Crippen molar-refractivity contribution < 1.29 is 14.1 Å². The molecule has 0 radical (unpaired) electrons. The number of nitrogen functional groups attached to an aromatic ring is 1. The van der Waals surface area contributed by atoms with Gasteiger partial charge in [-0.15, -0.1) is 0 Å². The van der Waals surface area contributed by atoms with Gasteiger partial charge in [-0.25, -0.2) is 0 Å². The van der Waals surface area contributed by atoms with Crippen molar-refractivity contribution in [3.8, 4) is 11.1 Å². The predicted octanol–water partition coefficient (Wildman–Crippen LogP) is 3.94. The summed E-state index contributed by atoms with van der Waals surface area (Å²) in [7, 11) is 3.57. The van der Waals surface area contributed by atoms with Gasteiger partial charge in [0.15, 0.2) is 0 Å². The number of aromatic nitrogens is 1. The summed E-state index contributed by atoms with van der Waals surface area (Å²) in [4.78, 5) is 19.1. The maximum Gasteiger partial charge on any atom is 0.494 e. The number of benzene rings is 2. The number of hydrogen-bond donors (Lipinski definition) is 2. The molecule has 2 heterocycles. The lowest BCUT2D eigenvalue weighted by atomic mass is 9.78. The standard InChI is InChI=1S/C27H33BN4O3/c1-26(2)27(3,4)35-28(34-26)21-11-8-19(9-12-21)20-10-13-22(29)24(15-20)31-25(33)23-14-7-18(16-30-23)17-32(5)6/h7-16H,17,29H2,1-6H3,(H,31,33). The van der Waals surface area contributed by atoms with Crippen LogP contribution in [0, 0.1) is 0 Å². The van der Waals surface area contributed by atoms with E-state index >= 15 is 0 Å². The van der Waals surface area contributed by atoms with Gasteiger partial charge in [-0.2, -0.15) is 0 Å². The van der Waals surface area contributed by atoms with E-state index in [1.807, 2.05) is 89.2 Å². The number of nitrogens with two attached hydrogens (primary N) is 1. The number of anilines is 2. The predicted molar refractivity (Wildman–Crippen MR) is 142 cm³/mol. The lowest BCUT2D eigenvalue weighted by molar-refractivity contribution is 0.00578. The molecule has 0 atom stereocenters. The minimum atomic E-state index is -0.410. The van der Waals surface area contributed by atoms with Crippen LogP contribution in [0.25, 0.3) is 11.1 Å². The van der Waals surface area contributed by atoms with Gasteiger partial charge in [0.25, 0.3) is 5.91 Å². The summed E-state index contributed by atoms with van der Waals surface area (Å²) in [5.74, 6) is -0.304. The summed E-state index contributed by atoms with van der Waals surface area (Å²) >= 11 is 0. The second-order valence-corrected chi connectivity index (χ2v) is 10.3. The number of hydrogen-bond acceptors (Lipinski definition) is 6. The largest absolute Gasteiger partial charge is 0.494 e. The number of amides is 1. The SMILES string of the molecule is CN(C)Cc1ccc(C(=O)Nc2cc(-c3ccc(B4OC(C)(C)C(C)(C)O4)cc3)ccc2N)nc1. The monoisotopic (exact) mass is 472 g/mol. The average Bonchev–Trinajstić information content (AvgIpc) is 3.02. The molecule has 0 spiro atoms. The number of carbonyl (C=O) groups is 1. The quantitative estimate of drug-likeness (QED) is 0.417. The number of rotatable bonds is 6.